The van der Waals surface area contributed by atoms with Gasteiger partial charge >= 0.3 is 0 Å². The lowest BCUT2D eigenvalue weighted by molar-refractivity contribution is -0.119. The third-order valence-corrected chi connectivity index (χ3v) is 4.18. The molecule has 26 heavy (non-hydrogen) atoms. The Labute approximate surface area is 150 Å². The summed E-state index contributed by atoms with van der Waals surface area (Å²) in [6, 6.07) is 11.7. The molecule has 134 valence electrons. The van der Waals surface area contributed by atoms with Gasteiger partial charge in [0, 0.05) is 6.20 Å². The molecule has 0 aliphatic rings. The summed E-state index contributed by atoms with van der Waals surface area (Å²) in [6.07, 6.45) is 3.06. The van der Waals surface area contributed by atoms with Crippen LogP contribution in [0.4, 0.5) is 5.69 Å². The number of fused-ring (bicyclic) bond motifs is 1. The zero-order valence-corrected chi connectivity index (χ0v) is 14.6. The topological polar surface area (TPSA) is 99.2 Å². The number of methoxy groups -OCH3 is 1. The molecule has 0 aliphatic heterocycles. The zero-order valence-electron chi connectivity index (χ0n) is 14.6. The third-order valence-electron chi connectivity index (χ3n) is 4.18. The van der Waals surface area contributed by atoms with Gasteiger partial charge in [-0.3, -0.25) is 14.3 Å². The number of primary amides is 1. The Hall–Kier alpha value is -3.35. The van der Waals surface area contributed by atoms with Gasteiger partial charge in [-0.05, 0) is 35.4 Å². The van der Waals surface area contributed by atoms with E-state index in [1.165, 1.54) is 10.9 Å². The van der Waals surface area contributed by atoms with Crippen molar-refractivity contribution in [1.82, 2.24) is 9.78 Å². The van der Waals surface area contributed by atoms with Crippen LogP contribution in [0.15, 0.2) is 48.8 Å². The van der Waals surface area contributed by atoms with Gasteiger partial charge in [-0.1, -0.05) is 24.3 Å². The minimum Gasteiger partial charge on any atom is -0.497 e. The minimum absolute atomic E-state index is 0.0282. The van der Waals surface area contributed by atoms with Gasteiger partial charge in [-0.25, -0.2) is 0 Å². The second-order valence-corrected chi connectivity index (χ2v) is 6.08. The Morgan fingerprint density at radius 1 is 1.23 bits per heavy atom. The smallest absolute Gasteiger partial charge is 0.239 e. The molecule has 0 saturated carbocycles. The van der Waals surface area contributed by atoms with Gasteiger partial charge in [-0.2, -0.15) is 5.10 Å². The predicted molar refractivity (Wildman–Crippen MR) is 99.0 cm³/mol. The molecule has 0 bridgehead atoms. The monoisotopic (exact) mass is 352 g/mol. The van der Waals surface area contributed by atoms with E-state index in [0.29, 0.717) is 5.69 Å². The molecular formula is C19H20N4O3. The van der Waals surface area contributed by atoms with Gasteiger partial charge in [-0.15, -0.1) is 0 Å². The maximum atomic E-state index is 12.5. The van der Waals surface area contributed by atoms with E-state index >= 15 is 0 Å². The summed E-state index contributed by atoms with van der Waals surface area (Å²) in [5.74, 6) is -0.200. The summed E-state index contributed by atoms with van der Waals surface area (Å²) in [5, 5.41) is 8.88. The van der Waals surface area contributed by atoms with E-state index < -0.39 is 5.91 Å². The molecule has 1 aromatic heterocycles. The first-order valence-corrected chi connectivity index (χ1v) is 8.15. The summed E-state index contributed by atoms with van der Waals surface area (Å²) in [6.45, 7) is 1.81. The van der Waals surface area contributed by atoms with E-state index in [1.54, 1.807) is 13.3 Å². The molecular weight excluding hydrogens is 332 g/mol. The Morgan fingerprint density at radius 2 is 1.96 bits per heavy atom. The molecule has 0 saturated heterocycles. The lowest BCUT2D eigenvalue weighted by Gasteiger charge is -2.13. The van der Waals surface area contributed by atoms with Crippen LogP contribution in [0, 0.1) is 0 Å². The molecule has 3 N–H and O–H groups in total. The van der Waals surface area contributed by atoms with Crippen LogP contribution in [0.5, 0.6) is 5.75 Å². The number of anilines is 1. The highest BCUT2D eigenvalue weighted by atomic mass is 16.5. The van der Waals surface area contributed by atoms with Crippen molar-refractivity contribution in [3.8, 4) is 5.75 Å². The third kappa shape index (κ3) is 3.83. The van der Waals surface area contributed by atoms with Crippen molar-refractivity contribution < 1.29 is 14.3 Å². The number of benzene rings is 2. The van der Waals surface area contributed by atoms with Gasteiger partial charge in [0.2, 0.25) is 11.8 Å². The fourth-order valence-electron chi connectivity index (χ4n) is 2.71. The van der Waals surface area contributed by atoms with Crippen LogP contribution in [-0.2, 0) is 16.1 Å². The molecule has 7 heteroatoms. The standard InChI is InChI=1S/C19H20N4O3/c1-12(19(25)22-16-9-21-23(10-16)11-18(20)24)13-3-4-15-8-17(26-2)6-5-14(15)7-13/h3-10,12H,11H2,1-2H3,(H2,20,24)(H,22,25). The van der Waals surface area contributed by atoms with Crippen LogP contribution in [0.1, 0.15) is 18.4 Å². The predicted octanol–water partition coefficient (Wildman–Crippen LogP) is 2.27. The zero-order chi connectivity index (χ0) is 18.7. The number of nitrogens with one attached hydrogen (secondary N) is 1. The van der Waals surface area contributed by atoms with Crippen LogP contribution in [0.25, 0.3) is 10.8 Å². The number of nitrogens with zero attached hydrogens (tertiary/aromatic N) is 2. The van der Waals surface area contributed by atoms with Gasteiger partial charge in [0.1, 0.15) is 12.3 Å². The lowest BCUT2D eigenvalue weighted by atomic mass is 9.97. The van der Waals surface area contributed by atoms with Gasteiger partial charge in [0.15, 0.2) is 0 Å². The average molecular weight is 352 g/mol. The first-order valence-electron chi connectivity index (χ1n) is 8.15. The van der Waals surface area contributed by atoms with E-state index in [4.69, 9.17) is 10.5 Å². The number of carbonyl (C=O) groups excluding carboxylic acids is 2. The van der Waals surface area contributed by atoms with Gasteiger partial charge in [0.25, 0.3) is 0 Å². The number of rotatable bonds is 6. The summed E-state index contributed by atoms with van der Waals surface area (Å²) >= 11 is 0. The van der Waals surface area contributed by atoms with Crippen LogP contribution < -0.4 is 15.8 Å². The first-order chi connectivity index (χ1) is 12.5. The molecule has 0 spiro atoms. The normalized spacial score (nSPS) is 11.9. The number of aromatic nitrogens is 2. The van der Waals surface area contributed by atoms with Crippen molar-refractivity contribution in [2.45, 2.75) is 19.4 Å². The molecule has 0 radical (unpaired) electrons. The second kappa shape index (κ2) is 7.26. The fourth-order valence-corrected chi connectivity index (χ4v) is 2.71. The van der Waals surface area contributed by atoms with E-state index in [1.807, 2.05) is 43.3 Å². The largest absolute Gasteiger partial charge is 0.497 e. The Balaban J connectivity index is 1.74. The van der Waals surface area contributed by atoms with Crippen LogP contribution >= 0.6 is 0 Å². The maximum absolute atomic E-state index is 12.5. The molecule has 2 amide bonds. The lowest BCUT2D eigenvalue weighted by Crippen LogP contribution is -2.19. The molecule has 3 aromatic rings. The molecule has 1 heterocycles. The van der Waals surface area contributed by atoms with Crippen molar-refractivity contribution in [2.24, 2.45) is 5.73 Å². The summed E-state index contributed by atoms with van der Waals surface area (Å²) in [7, 11) is 1.63. The van der Waals surface area contributed by atoms with Crippen molar-refractivity contribution in [3.05, 3.63) is 54.4 Å². The molecule has 1 unspecified atom stereocenters. The molecule has 7 nitrogen and oxygen atoms in total. The van der Waals surface area contributed by atoms with Gasteiger partial charge < -0.3 is 15.8 Å². The van der Waals surface area contributed by atoms with Crippen molar-refractivity contribution in [3.63, 3.8) is 0 Å². The fraction of sp³-hybridized carbons (Fsp3) is 0.211. The van der Waals surface area contributed by atoms with Crippen molar-refractivity contribution in [2.75, 3.05) is 12.4 Å². The van der Waals surface area contributed by atoms with Crippen molar-refractivity contribution >= 4 is 28.3 Å². The van der Waals surface area contributed by atoms with Gasteiger partial charge in [0.05, 0.1) is 24.9 Å². The van der Waals surface area contributed by atoms with E-state index in [2.05, 4.69) is 10.4 Å². The molecule has 1 atom stereocenters. The summed E-state index contributed by atoms with van der Waals surface area (Å²) in [4.78, 5) is 23.4. The Kier molecular flexibility index (Phi) is 4.88. The molecule has 3 rings (SSSR count). The van der Waals surface area contributed by atoms with E-state index in [9.17, 15) is 9.59 Å². The highest BCUT2D eigenvalue weighted by Crippen LogP contribution is 2.25. The quantitative estimate of drug-likeness (QED) is 0.711. The summed E-state index contributed by atoms with van der Waals surface area (Å²) in [5.41, 5.74) is 6.56. The number of nitrogens with two attached hydrogens (primary N) is 1. The summed E-state index contributed by atoms with van der Waals surface area (Å²) < 4.78 is 6.61. The van der Waals surface area contributed by atoms with Crippen molar-refractivity contribution in [1.29, 1.82) is 0 Å². The number of hydrogen-bond acceptors (Lipinski definition) is 4. The van der Waals surface area contributed by atoms with Crippen LogP contribution in [0.2, 0.25) is 0 Å². The molecule has 0 aliphatic carbocycles. The number of ether oxygens (including phenoxy) is 1. The Morgan fingerprint density at radius 3 is 2.69 bits per heavy atom. The van der Waals surface area contributed by atoms with Crippen LogP contribution in [0.3, 0.4) is 0 Å². The maximum Gasteiger partial charge on any atom is 0.239 e. The number of carbonyl (C=O) groups is 2. The highest BCUT2D eigenvalue weighted by Gasteiger charge is 2.16. The highest BCUT2D eigenvalue weighted by molar-refractivity contribution is 5.96. The molecule has 0 fully saturated rings. The van der Waals surface area contributed by atoms with Crippen LogP contribution in [-0.4, -0.2) is 28.7 Å². The van der Waals surface area contributed by atoms with E-state index in [-0.39, 0.29) is 18.4 Å². The minimum atomic E-state index is -0.493. The SMILES string of the molecule is COc1ccc2cc(C(C)C(=O)Nc3cnn(CC(N)=O)c3)ccc2c1. The second-order valence-electron chi connectivity index (χ2n) is 6.08. The average Bonchev–Trinajstić information content (AvgIpc) is 3.06. The number of hydrogen-bond donors (Lipinski definition) is 2. The van der Waals surface area contributed by atoms with E-state index in [0.717, 1.165) is 22.1 Å². The Bertz CT molecular complexity index is 964. The first kappa shape index (κ1) is 17.5. The molecule has 2 aromatic carbocycles. The number of amides is 2.